The predicted octanol–water partition coefficient (Wildman–Crippen LogP) is 3.77. The van der Waals surface area contributed by atoms with Crippen LogP contribution in [0.5, 0.6) is 0 Å². The highest BCUT2D eigenvalue weighted by molar-refractivity contribution is 7.98. The maximum Gasteiger partial charge on any atom is 0.221 e. The molecule has 0 radical (unpaired) electrons. The molecule has 1 amide bonds. The molecular weight excluding hydrogens is 288 g/mol. The molecule has 1 aromatic heterocycles. The van der Waals surface area contributed by atoms with Crippen LogP contribution < -0.4 is 5.32 Å². The van der Waals surface area contributed by atoms with Gasteiger partial charge in [0.05, 0.1) is 10.7 Å². The lowest BCUT2D eigenvalue weighted by Crippen LogP contribution is -2.33. The summed E-state index contributed by atoms with van der Waals surface area (Å²) in [7, 11) is 0. The number of aromatic nitrogens is 1. The van der Waals surface area contributed by atoms with Gasteiger partial charge in [0.15, 0.2) is 0 Å². The Morgan fingerprint density at radius 2 is 2.40 bits per heavy atom. The van der Waals surface area contributed by atoms with Crippen molar-refractivity contribution in [1.29, 1.82) is 0 Å². The van der Waals surface area contributed by atoms with Gasteiger partial charge in [0.2, 0.25) is 5.91 Å². The highest BCUT2D eigenvalue weighted by Crippen LogP contribution is 2.36. The van der Waals surface area contributed by atoms with Crippen molar-refractivity contribution >= 4 is 29.0 Å². The molecule has 1 fully saturated rings. The molecule has 1 heterocycles. The first-order chi connectivity index (χ1) is 9.44. The first-order valence-corrected chi connectivity index (χ1v) is 9.26. The van der Waals surface area contributed by atoms with Crippen LogP contribution in [0.3, 0.4) is 0 Å². The van der Waals surface area contributed by atoms with Crippen molar-refractivity contribution in [3.63, 3.8) is 0 Å². The summed E-state index contributed by atoms with van der Waals surface area (Å²) in [5.41, 5.74) is 1.53. The Kier molecular flexibility index (Phi) is 5.49. The zero-order chi connectivity index (χ0) is 14.6. The number of rotatable bonds is 6. The fourth-order valence-electron chi connectivity index (χ4n) is 2.68. The van der Waals surface area contributed by atoms with Gasteiger partial charge in [-0.3, -0.25) is 4.79 Å². The van der Waals surface area contributed by atoms with Crippen LogP contribution in [-0.2, 0) is 10.5 Å². The minimum absolute atomic E-state index is 0.203. The van der Waals surface area contributed by atoms with Gasteiger partial charge in [-0.15, -0.1) is 11.3 Å². The summed E-state index contributed by atoms with van der Waals surface area (Å²) in [6.45, 7) is 6.59. The lowest BCUT2D eigenvalue weighted by atomic mass is 9.92. The second-order valence-electron chi connectivity index (χ2n) is 6.33. The number of amides is 1. The number of thioether (sulfide) groups is 1. The quantitative estimate of drug-likeness (QED) is 0.813. The smallest absolute Gasteiger partial charge is 0.221 e. The number of nitrogens with one attached hydrogen (secondary N) is 1. The summed E-state index contributed by atoms with van der Waals surface area (Å²) in [6.07, 6.45) is 4.08. The van der Waals surface area contributed by atoms with E-state index in [-0.39, 0.29) is 5.91 Å². The Morgan fingerprint density at radius 3 is 3.00 bits per heavy atom. The molecule has 1 aromatic rings. The van der Waals surface area contributed by atoms with Crippen LogP contribution in [0, 0.1) is 12.3 Å². The number of hydrogen-bond donors (Lipinski definition) is 1. The van der Waals surface area contributed by atoms with Crippen LogP contribution >= 0.6 is 23.1 Å². The molecule has 0 bridgehead atoms. The molecule has 112 valence electrons. The average Bonchev–Trinajstić information content (AvgIpc) is 2.91. The Morgan fingerprint density at radius 1 is 1.60 bits per heavy atom. The minimum atomic E-state index is 0.203. The zero-order valence-electron chi connectivity index (χ0n) is 12.6. The maximum atomic E-state index is 11.9. The molecule has 3 nitrogen and oxygen atoms in total. The molecule has 0 spiro atoms. The number of thiazole rings is 1. The molecular formula is C15H24N2OS2. The van der Waals surface area contributed by atoms with Crippen molar-refractivity contribution in [1.82, 2.24) is 10.3 Å². The molecule has 1 unspecified atom stereocenters. The second-order valence-corrected chi connectivity index (χ2v) is 8.50. The van der Waals surface area contributed by atoms with E-state index in [1.54, 1.807) is 23.1 Å². The SMILES string of the molecule is Cc1nc(CSCCC(=O)NC2CCC(C)(C)C2)cs1. The molecule has 1 N–H and O–H groups in total. The molecule has 1 aliphatic rings. The Balaban J connectivity index is 1.59. The summed E-state index contributed by atoms with van der Waals surface area (Å²) in [6, 6.07) is 0.392. The maximum absolute atomic E-state index is 11.9. The van der Waals surface area contributed by atoms with Crippen molar-refractivity contribution in [2.45, 2.75) is 58.2 Å². The summed E-state index contributed by atoms with van der Waals surface area (Å²) in [4.78, 5) is 16.3. The molecule has 2 rings (SSSR count). The lowest BCUT2D eigenvalue weighted by Gasteiger charge is -2.17. The highest BCUT2D eigenvalue weighted by atomic mass is 32.2. The van der Waals surface area contributed by atoms with Gasteiger partial charge < -0.3 is 5.32 Å². The van der Waals surface area contributed by atoms with E-state index in [9.17, 15) is 4.79 Å². The van der Waals surface area contributed by atoms with Gasteiger partial charge in [-0.25, -0.2) is 4.98 Å². The Hall–Kier alpha value is -0.550. The van der Waals surface area contributed by atoms with Gasteiger partial charge in [-0.1, -0.05) is 13.8 Å². The molecule has 0 aromatic carbocycles. The van der Waals surface area contributed by atoms with Crippen molar-refractivity contribution in [2.24, 2.45) is 5.41 Å². The van der Waals surface area contributed by atoms with Crippen LogP contribution in [0.25, 0.3) is 0 Å². The van der Waals surface area contributed by atoms with Crippen LogP contribution in [0.1, 0.15) is 50.2 Å². The van der Waals surface area contributed by atoms with Gasteiger partial charge in [-0.2, -0.15) is 11.8 Å². The van der Waals surface area contributed by atoms with E-state index >= 15 is 0 Å². The third-order valence-electron chi connectivity index (χ3n) is 3.72. The molecule has 1 atom stereocenters. The number of carbonyl (C=O) groups is 1. The molecule has 0 saturated heterocycles. The summed E-state index contributed by atoms with van der Waals surface area (Å²) < 4.78 is 0. The van der Waals surface area contributed by atoms with Crippen molar-refractivity contribution in [2.75, 3.05) is 5.75 Å². The van der Waals surface area contributed by atoms with Crippen molar-refractivity contribution in [3.8, 4) is 0 Å². The first kappa shape index (κ1) is 15.8. The molecule has 20 heavy (non-hydrogen) atoms. The molecule has 1 saturated carbocycles. The van der Waals surface area contributed by atoms with E-state index < -0.39 is 0 Å². The lowest BCUT2D eigenvalue weighted by molar-refractivity contribution is -0.121. The monoisotopic (exact) mass is 312 g/mol. The largest absolute Gasteiger partial charge is 0.353 e. The van der Waals surface area contributed by atoms with E-state index in [1.165, 1.54) is 6.42 Å². The Bertz CT molecular complexity index is 456. The van der Waals surface area contributed by atoms with Gasteiger partial charge in [0, 0.05) is 29.3 Å². The Labute approximate surface area is 129 Å². The predicted molar refractivity (Wildman–Crippen MR) is 87.2 cm³/mol. The van der Waals surface area contributed by atoms with E-state index in [0.717, 1.165) is 35.0 Å². The topological polar surface area (TPSA) is 42.0 Å². The third-order valence-corrected chi connectivity index (χ3v) is 5.54. The van der Waals surface area contributed by atoms with E-state index in [0.29, 0.717) is 17.9 Å². The van der Waals surface area contributed by atoms with Gasteiger partial charge in [0.25, 0.3) is 0 Å². The summed E-state index contributed by atoms with van der Waals surface area (Å²) in [5, 5.41) is 6.38. The zero-order valence-corrected chi connectivity index (χ0v) is 14.2. The number of nitrogens with zero attached hydrogens (tertiary/aromatic N) is 1. The van der Waals surface area contributed by atoms with Crippen LogP contribution in [0.4, 0.5) is 0 Å². The van der Waals surface area contributed by atoms with Gasteiger partial charge in [-0.05, 0) is 31.6 Å². The third kappa shape index (κ3) is 5.09. The molecule has 5 heteroatoms. The van der Waals surface area contributed by atoms with Crippen molar-refractivity contribution in [3.05, 3.63) is 16.1 Å². The number of carbonyl (C=O) groups excluding carboxylic acids is 1. The normalized spacial score (nSPS) is 21.1. The summed E-state index contributed by atoms with van der Waals surface area (Å²) in [5.74, 6) is 1.99. The van der Waals surface area contributed by atoms with Gasteiger partial charge in [0.1, 0.15) is 0 Å². The molecule has 1 aliphatic carbocycles. The minimum Gasteiger partial charge on any atom is -0.353 e. The van der Waals surface area contributed by atoms with E-state index in [1.807, 2.05) is 6.92 Å². The fraction of sp³-hybridized carbons (Fsp3) is 0.733. The van der Waals surface area contributed by atoms with Crippen molar-refractivity contribution < 1.29 is 4.79 Å². The van der Waals surface area contributed by atoms with Crippen LogP contribution in [0.2, 0.25) is 0 Å². The second kappa shape index (κ2) is 6.94. The fourth-order valence-corrected chi connectivity index (χ4v) is 4.22. The van der Waals surface area contributed by atoms with Crippen LogP contribution in [-0.4, -0.2) is 22.7 Å². The number of hydrogen-bond acceptors (Lipinski definition) is 4. The number of aryl methyl sites for hydroxylation is 1. The van der Waals surface area contributed by atoms with E-state index in [4.69, 9.17) is 0 Å². The highest BCUT2D eigenvalue weighted by Gasteiger charge is 2.31. The first-order valence-electron chi connectivity index (χ1n) is 7.23. The van der Waals surface area contributed by atoms with E-state index in [2.05, 4.69) is 29.5 Å². The molecule has 0 aliphatic heterocycles. The average molecular weight is 313 g/mol. The van der Waals surface area contributed by atoms with Crippen LogP contribution in [0.15, 0.2) is 5.38 Å². The standard InChI is InChI=1S/C15H24N2OS2/c1-11-16-13(10-20-11)9-19-7-5-14(18)17-12-4-6-15(2,3)8-12/h10,12H,4-9H2,1-3H3,(H,17,18). The summed E-state index contributed by atoms with van der Waals surface area (Å²) >= 11 is 3.48. The van der Waals surface area contributed by atoms with Gasteiger partial charge >= 0.3 is 0 Å².